The topological polar surface area (TPSA) is 83.2 Å². The molecule has 1 fully saturated rings. The molecule has 27 heavy (non-hydrogen) atoms. The van der Waals surface area contributed by atoms with E-state index in [1.165, 1.54) is 12.4 Å². The minimum absolute atomic E-state index is 0.198. The highest BCUT2D eigenvalue weighted by Crippen LogP contribution is 2.30. The van der Waals surface area contributed by atoms with Crippen LogP contribution in [0.4, 0.5) is 33.1 Å². The lowest BCUT2D eigenvalue weighted by molar-refractivity contribution is 0.596. The van der Waals surface area contributed by atoms with Gasteiger partial charge in [-0.15, -0.1) is 0 Å². The largest absolute Gasteiger partial charge is 0.393 e. The highest BCUT2D eigenvalue weighted by molar-refractivity contribution is 5.78. The van der Waals surface area contributed by atoms with Gasteiger partial charge in [0.05, 0.1) is 5.69 Å². The fraction of sp³-hybridized carbons (Fsp3) is 0.211. The first kappa shape index (κ1) is 17.0. The summed E-state index contributed by atoms with van der Waals surface area (Å²) in [6.07, 6.45) is 4.89. The van der Waals surface area contributed by atoms with E-state index >= 15 is 0 Å². The molecule has 8 heteroatoms. The predicted octanol–water partition coefficient (Wildman–Crippen LogP) is 2.66. The van der Waals surface area contributed by atoms with Crippen LogP contribution in [-0.2, 0) is 0 Å². The predicted molar refractivity (Wildman–Crippen MR) is 105 cm³/mol. The van der Waals surface area contributed by atoms with Gasteiger partial charge in [-0.2, -0.15) is 0 Å². The smallest absolute Gasteiger partial charge is 0.159 e. The maximum absolute atomic E-state index is 14.0. The average molecular weight is 365 g/mol. The van der Waals surface area contributed by atoms with E-state index in [2.05, 4.69) is 25.2 Å². The summed E-state index contributed by atoms with van der Waals surface area (Å²) in [5, 5.41) is 3.19. The molecule has 138 valence electrons. The quantitative estimate of drug-likeness (QED) is 0.735. The molecule has 7 nitrogen and oxygen atoms in total. The van der Waals surface area contributed by atoms with Crippen LogP contribution in [0.15, 0.2) is 55.1 Å². The van der Waals surface area contributed by atoms with Crippen LogP contribution in [0.2, 0.25) is 0 Å². The van der Waals surface area contributed by atoms with Gasteiger partial charge in [-0.1, -0.05) is 12.1 Å². The lowest BCUT2D eigenvalue weighted by atomic mass is 10.2. The molecule has 1 aliphatic heterocycles. The zero-order chi connectivity index (χ0) is 18.6. The summed E-state index contributed by atoms with van der Waals surface area (Å²) >= 11 is 0. The number of piperazine rings is 1. The SMILES string of the molecule is Nc1c(Nc2ccncc2)ncnc1N1CCN(c2ccccc2F)CC1. The van der Waals surface area contributed by atoms with Gasteiger partial charge in [-0.25, -0.2) is 14.4 Å². The number of aromatic nitrogens is 3. The van der Waals surface area contributed by atoms with Gasteiger partial charge in [0, 0.05) is 44.3 Å². The molecule has 0 spiro atoms. The van der Waals surface area contributed by atoms with Gasteiger partial charge in [0.1, 0.15) is 17.8 Å². The zero-order valence-electron chi connectivity index (χ0n) is 14.7. The van der Waals surface area contributed by atoms with Crippen LogP contribution in [0.25, 0.3) is 0 Å². The van der Waals surface area contributed by atoms with E-state index < -0.39 is 0 Å². The van der Waals surface area contributed by atoms with Gasteiger partial charge >= 0.3 is 0 Å². The van der Waals surface area contributed by atoms with E-state index in [1.807, 2.05) is 23.1 Å². The van der Waals surface area contributed by atoms with Crippen molar-refractivity contribution in [1.82, 2.24) is 15.0 Å². The van der Waals surface area contributed by atoms with Crippen LogP contribution in [-0.4, -0.2) is 41.1 Å². The summed E-state index contributed by atoms with van der Waals surface area (Å²) in [6, 6.07) is 10.5. The van der Waals surface area contributed by atoms with Crippen molar-refractivity contribution in [2.24, 2.45) is 0 Å². The third-order valence-electron chi connectivity index (χ3n) is 4.58. The van der Waals surface area contributed by atoms with Gasteiger partial charge in [0.25, 0.3) is 0 Å². The fourth-order valence-electron chi connectivity index (χ4n) is 3.18. The third-order valence-corrected chi connectivity index (χ3v) is 4.58. The van der Waals surface area contributed by atoms with Crippen molar-refractivity contribution in [2.45, 2.75) is 0 Å². The number of nitrogens with zero attached hydrogens (tertiary/aromatic N) is 5. The van der Waals surface area contributed by atoms with Crippen LogP contribution < -0.4 is 20.9 Å². The van der Waals surface area contributed by atoms with Crippen molar-refractivity contribution in [1.29, 1.82) is 0 Å². The van der Waals surface area contributed by atoms with Gasteiger partial charge in [-0.3, -0.25) is 4.98 Å². The number of nitrogens with two attached hydrogens (primary N) is 1. The van der Waals surface area contributed by atoms with Crippen LogP contribution in [0, 0.1) is 5.82 Å². The van der Waals surface area contributed by atoms with E-state index in [0.29, 0.717) is 49.2 Å². The molecule has 0 saturated carbocycles. The minimum Gasteiger partial charge on any atom is -0.393 e. The van der Waals surface area contributed by atoms with Crippen LogP contribution in [0.5, 0.6) is 0 Å². The second-order valence-corrected chi connectivity index (χ2v) is 6.25. The molecule has 0 amide bonds. The van der Waals surface area contributed by atoms with Crippen molar-refractivity contribution >= 4 is 28.7 Å². The normalized spacial score (nSPS) is 14.3. The third kappa shape index (κ3) is 3.59. The molecular formula is C19H20FN7. The number of hydrogen-bond acceptors (Lipinski definition) is 7. The Morgan fingerprint density at radius 1 is 0.926 bits per heavy atom. The average Bonchev–Trinajstić information content (AvgIpc) is 2.71. The Bertz CT molecular complexity index is 911. The summed E-state index contributed by atoms with van der Waals surface area (Å²) in [7, 11) is 0. The van der Waals surface area contributed by atoms with E-state index in [9.17, 15) is 4.39 Å². The van der Waals surface area contributed by atoms with Crippen molar-refractivity contribution in [3.63, 3.8) is 0 Å². The van der Waals surface area contributed by atoms with Gasteiger partial charge in [0.2, 0.25) is 0 Å². The van der Waals surface area contributed by atoms with E-state index in [-0.39, 0.29) is 5.82 Å². The monoisotopic (exact) mass is 365 g/mol. The summed E-state index contributed by atoms with van der Waals surface area (Å²) in [4.78, 5) is 16.8. The number of anilines is 5. The fourth-order valence-corrected chi connectivity index (χ4v) is 3.18. The number of nitrogens with one attached hydrogen (secondary N) is 1. The van der Waals surface area contributed by atoms with Crippen molar-refractivity contribution in [3.8, 4) is 0 Å². The Hall–Kier alpha value is -3.42. The standard InChI is InChI=1S/C19H20FN7/c20-15-3-1-2-4-16(15)26-9-11-27(12-10-26)19-17(21)18(23-13-24-19)25-14-5-7-22-8-6-14/h1-8,13H,9-12,21H2,(H,22,23,24,25). The van der Waals surface area contributed by atoms with Crippen molar-refractivity contribution in [3.05, 3.63) is 60.9 Å². The van der Waals surface area contributed by atoms with Crippen molar-refractivity contribution in [2.75, 3.05) is 47.0 Å². The van der Waals surface area contributed by atoms with Crippen LogP contribution >= 0.6 is 0 Å². The molecule has 1 saturated heterocycles. The molecule has 0 atom stereocenters. The van der Waals surface area contributed by atoms with E-state index in [4.69, 9.17) is 5.73 Å². The molecule has 3 aromatic rings. The van der Waals surface area contributed by atoms with Gasteiger partial charge in [-0.05, 0) is 24.3 Å². The Morgan fingerprint density at radius 2 is 1.63 bits per heavy atom. The molecule has 1 aliphatic rings. The first-order valence-electron chi connectivity index (χ1n) is 8.74. The number of benzene rings is 1. The van der Waals surface area contributed by atoms with E-state index in [0.717, 1.165) is 5.69 Å². The molecule has 0 aliphatic carbocycles. The number of nitrogen functional groups attached to an aromatic ring is 1. The number of rotatable bonds is 4. The lowest BCUT2D eigenvalue weighted by Crippen LogP contribution is -2.47. The summed E-state index contributed by atoms with van der Waals surface area (Å²) in [5.74, 6) is 1.05. The molecule has 3 heterocycles. The van der Waals surface area contributed by atoms with Crippen molar-refractivity contribution < 1.29 is 4.39 Å². The summed E-state index contributed by atoms with van der Waals surface area (Å²) in [5.41, 5.74) is 8.29. The number of para-hydroxylation sites is 1. The molecular weight excluding hydrogens is 345 g/mol. The molecule has 0 bridgehead atoms. The number of pyridine rings is 1. The zero-order valence-corrected chi connectivity index (χ0v) is 14.7. The highest BCUT2D eigenvalue weighted by Gasteiger charge is 2.22. The number of halogens is 1. The highest BCUT2D eigenvalue weighted by atomic mass is 19.1. The Balaban J connectivity index is 1.48. The maximum Gasteiger partial charge on any atom is 0.159 e. The molecule has 3 N–H and O–H groups in total. The molecule has 2 aromatic heterocycles. The Labute approximate surface area is 156 Å². The number of hydrogen-bond donors (Lipinski definition) is 2. The molecule has 4 rings (SSSR count). The molecule has 0 radical (unpaired) electrons. The van der Waals surface area contributed by atoms with Crippen LogP contribution in [0.1, 0.15) is 0 Å². The first-order chi connectivity index (χ1) is 13.2. The lowest BCUT2D eigenvalue weighted by Gasteiger charge is -2.37. The van der Waals surface area contributed by atoms with Crippen LogP contribution in [0.3, 0.4) is 0 Å². The molecule has 0 unspecified atom stereocenters. The van der Waals surface area contributed by atoms with Gasteiger partial charge in [0.15, 0.2) is 11.6 Å². The maximum atomic E-state index is 14.0. The van der Waals surface area contributed by atoms with Gasteiger partial charge < -0.3 is 20.9 Å². The first-order valence-corrected chi connectivity index (χ1v) is 8.74. The summed E-state index contributed by atoms with van der Waals surface area (Å²) < 4.78 is 14.0. The minimum atomic E-state index is -0.198. The Morgan fingerprint density at radius 3 is 2.37 bits per heavy atom. The summed E-state index contributed by atoms with van der Waals surface area (Å²) in [6.45, 7) is 2.78. The molecule has 1 aromatic carbocycles. The van der Waals surface area contributed by atoms with E-state index in [1.54, 1.807) is 24.5 Å². The Kier molecular flexibility index (Phi) is 4.69. The second kappa shape index (κ2) is 7.45. The second-order valence-electron chi connectivity index (χ2n) is 6.25.